The number of halogens is 1. The summed E-state index contributed by atoms with van der Waals surface area (Å²) in [5, 5.41) is 11.5. The molecule has 124 valence electrons. The van der Waals surface area contributed by atoms with Crippen molar-refractivity contribution >= 4 is 30.0 Å². The number of carboxylic acid groups (broad SMARTS) is 1. The zero-order valence-electron chi connectivity index (χ0n) is 13.4. The lowest BCUT2D eigenvalue weighted by Gasteiger charge is -2.17. The number of nitrogens with zero attached hydrogens (tertiary/aromatic N) is 1. The van der Waals surface area contributed by atoms with Crippen LogP contribution in [0.2, 0.25) is 0 Å². The molecule has 0 bridgehead atoms. The van der Waals surface area contributed by atoms with Gasteiger partial charge in [-0.1, -0.05) is 12.1 Å². The summed E-state index contributed by atoms with van der Waals surface area (Å²) in [7, 11) is 1.86. The number of carbonyl (C=O) groups excluding carboxylic acids is 1. The molecule has 0 fully saturated rings. The Hall–Kier alpha value is -1.59. The van der Waals surface area contributed by atoms with Crippen LogP contribution in [0.3, 0.4) is 0 Å². The number of hydrogen-bond acceptors (Lipinski definition) is 3. The molecule has 0 saturated carbocycles. The molecule has 1 aromatic rings. The number of benzene rings is 1. The van der Waals surface area contributed by atoms with Crippen LogP contribution in [0.4, 0.5) is 5.69 Å². The molecular formula is C16H25ClN2O3. The summed E-state index contributed by atoms with van der Waals surface area (Å²) in [6, 6.07) is 5.83. The van der Waals surface area contributed by atoms with E-state index in [0.717, 1.165) is 23.2 Å². The van der Waals surface area contributed by atoms with Crippen molar-refractivity contribution in [3.05, 3.63) is 29.3 Å². The Bertz CT molecular complexity index is 506. The van der Waals surface area contributed by atoms with E-state index in [9.17, 15) is 9.59 Å². The molecule has 1 rings (SSSR count). The van der Waals surface area contributed by atoms with Crippen LogP contribution < -0.4 is 5.32 Å². The van der Waals surface area contributed by atoms with Gasteiger partial charge in [0, 0.05) is 12.1 Å². The molecule has 0 atom stereocenters. The van der Waals surface area contributed by atoms with Gasteiger partial charge < -0.3 is 10.4 Å². The Morgan fingerprint density at radius 1 is 1.23 bits per heavy atom. The fourth-order valence-corrected chi connectivity index (χ4v) is 2.06. The number of carboxylic acids is 1. The smallest absolute Gasteiger partial charge is 0.303 e. The number of aliphatic carboxylic acids is 1. The van der Waals surface area contributed by atoms with Crippen molar-refractivity contribution < 1.29 is 14.7 Å². The molecule has 1 amide bonds. The highest BCUT2D eigenvalue weighted by molar-refractivity contribution is 5.93. The normalized spacial score (nSPS) is 10.2. The summed E-state index contributed by atoms with van der Waals surface area (Å²) in [6.45, 7) is 5.02. The van der Waals surface area contributed by atoms with Gasteiger partial charge in [0.05, 0.1) is 6.54 Å². The Kier molecular flexibility index (Phi) is 9.45. The fourth-order valence-electron chi connectivity index (χ4n) is 2.06. The first-order chi connectivity index (χ1) is 9.90. The number of hydrogen-bond donors (Lipinski definition) is 2. The lowest BCUT2D eigenvalue weighted by molar-refractivity contribution is -0.137. The van der Waals surface area contributed by atoms with E-state index in [4.69, 9.17) is 5.11 Å². The molecule has 1 aromatic carbocycles. The number of nitrogens with one attached hydrogen (secondary N) is 1. The van der Waals surface area contributed by atoms with E-state index in [0.29, 0.717) is 19.5 Å². The zero-order valence-corrected chi connectivity index (χ0v) is 14.2. The van der Waals surface area contributed by atoms with E-state index < -0.39 is 5.97 Å². The quantitative estimate of drug-likeness (QED) is 0.720. The lowest BCUT2D eigenvalue weighted by atomic mass is 10.1. The van der Waals surface area contributed by atoms with E-state index in [1.54, 1.807) is 0 Å². The second-order valence-corrected chi connectivity index (χ2v) is 5.38. The molecule has 0 radical (unpaired) electrons. The third-order valence-corrected chi connectivity index (χ3v) is 3.47. The second-order valence-electron chi connectivity index (χ2n) is 5.38. The van der Waals surface area contributed by atoms with Crippen LogP contribution in [0.5, 0.6) is 0 Å². The van der Waals surface area contributed by atoms with Crippen molar-refractivity contribution in [2.45, 2.75) is 33.1 Å². The highest BCUT2D eigenvalue weighted by Gasteiger charge is 2.09. The SMILES string of the molecule is Cc1cccc(NC(=O)CN(C)CCCCC(=O)O)c1C.Cl. The Balaban J connectivity index is 0.00000441. The maximum Gasteiger partial charge on any atom is 0.303 e. The minimum absolute atomic E-state index is 0. The second kappa shape index (κ2) is 10.2. The van der Waals surface area contributed by atoms with Gasteiger partial charge in [0.15, 0.2) is 0 Å². The van der Waals surface area contributed by atoms with Crippen LogP contribution in [0.25, 0.3) is 0 Å². The topological polar surface area (TPSA) is 69.6 Å². The summed E-state index contributed by atoms with van der Waals surface area (Å²) in [5.41, 5.74) is 3.07. The van der Waals surface area contributed by atoms with Crippen LogP contribution in [-0.2, 0) is 9.59 Å². The maximum absolute atomic E-state index is 12.0. The number of rotatable bonds is 8. The number of aryl methyl sites for hydroxylation is 1. The maximum atomic E-state index is 12.0. The van der Waals surface area contributed by atoms with Crippen LogP contribution in [0.15, 0.2) is 18.2 Å². The first-order valence-electron chi connectivity index (χ1n) is 7.16. The van der Waals surface area contributed by atoms with Crippen molar-refractivity contribution in [2.24, 2.45) is 0 Å². The van der Waals surface area contributed by atoms with Crippen molar-refractivity contribution in [3.63, 3.8) is 0 Å². The minimum Gasteiger partial charge on any atom is -0.481 e. The van der Waals surface area contributed by atoms with Crippen molar-refractivity contribution in [3.8, 4) is 0 Å². The van der Waals surface area contributed by atoms with Gasteiger partial charge in [-0.3, -0.25) is 14.5 Å². The van der Waals surface area contributed by atoms with Gasteiger partial charge in [-0.25, -0.2) is 0 Å². The van der Waals surface area contributed by atoms with Crippen molar-refractivity contribution in [1.82, 2.24) is 4.90 Å². The van der Waals surface area contributed by atoms with Gasteiger partial charge in [0.1, 0.15) is 0 Å². The summed E-state index contributed by atoms with van der Waals surface area (Å²) in [4.78, 5) is 24.3. The number of amides is 1. The number of unbranched alkanes of at least 4 members (excludes halogenated alkanes) is 1. The molecular weight excluding hydrogens is 304 g/mol. The van der Waals surface area contributed by atoms with Crippen LogP contribution in [0.1, 0.15) is 30.4 Å². The minimum atomic E-state index is -0.773. The monoisotopic (exact) mass is 328 g/mol. The lowest BCUT2D eigenvalue weighted by Crippen LogP contribution is -2.31. The van der Waals surface area contributed by atoms with E-state index in [2.05, 4.69) is 5.32 Å². The van der Waals surface area contributed by atoms with Crippen molar-refractivity contribution in [2.75, 3.05) is 25.5 Å². The first-order valence-corrected chi connectivity index (χ1v) is 7.16. The first kappa shape index (κ1) is 20.4. The molecule has 0 aliphatic carbocycles. The average Bonchev–Trinajstić information content (AvgIpc) is 2.40. The summed E-state index contributed by atoms with van der Waals surface area (Å²) >= 11 is 0. The highest BCUT2D eigenvalue weighted by atomic mass is 35.5. The Labute approximate surface area is 138 Å². The van der Waals surface area contributed by atoms with Gasteiger partial charge in [0.25, 0.3) is 0 Å². The third kappa shape index (κ3) is 7.43. The van der Waals surface area contributed by atoms with Crippen LogP contribution >= 0.6 is 12.4 Å². The molecule has 0 heterocycles. The molecule has 0 aliphatic rings. The standard InChI is InChI=1S/C16H24N2O3.ClH/c1-12-7-6-8-14(13(12)2)17-15(19)11-18(3)10-5-4-9-16(20)21;/h6-8H,4-5,9-11H2,1-3H3,(H,17,19)(H,20,21);1H. The van der Waals surface area contributed by atoms with Gasteiger partial charge in [0.2, 0.25) is 5.91 Å². The molecule has 0 aliphatic heterocycles. The molecule has 5 nitrogen and oxygen atoms in total. The van der Waals surface area contributed by atoms with Crippen LogP contribution in [0, 0.1) is 13.8 Å². The van der Waals surface area contributed by atoms with E-state index in [1.165, 1.54) is 0 Å². The van der Waals surface area contributed by atoms with Gasteiger partial charge in [-0.15, -0.1) is 12.4 Å². The molecule has 6 heteroatoms. The van der Waals surface area contributed by atoms with Gasteiger partial charge >= 0.3 is 5.97 Å². The Morgan fingerprint density at radius 3 is 2.55 bits per heavy atom. The highest BCUT2D eigenvalue weighted by Crippen LogP contribution is 2.17. The summed E-state index contributed by atoms with van der Waals surface area (Å²) in [6.07, 6.45) is 1.60. The summed E-state index contributed by atoms with van der Waals surface area (Å²) < 4.78 is 0. The summed E-state index contributed by atoms with van der Waals surface area (Å²) in [5.74, 6) is -0.824. The third-order valence-electron chi connectivity index (χ3n) is 3.47. The Morgan fingerprint density at radius 2 is 1.91 bits per heavy atom. The molecule has 0 spiro atoms. The predicted octanol–water partition coefficient (Wildman–Crippen LogP) is 2.85. The average molecular weight is 329 g/mol. The van der Waals surface area contributed by atoms with Crippen molar-refractivity contribution in [1.29, 1.82) is 0 Å². The molecule has 0 aromatic heterocycles. The molecule has 0 unspecified atom stereocenters. The molecule has 0 saturated heterocycles. The van der Waals surface area contributed by atoms with E-state index in [-0.39, 0.29) is 24.7 Å². The fraction of sp³-hybridized carbons (Fsp3) is 0.500. The predicted molar refractivity (Wildman–Crippen MR) is 90.8 cm³/mol. The van der Waals surface area contributed by atoms with E-state index >= 15 is 0 Å². The largest absolute Gasteiger partial charge is 0.481 e. The molecule has 22 heavy (non-hydrogen) atoms. The van der Waals surface area contributed by atoms with E-state index in [1.807, 2.05) is 44.0 Å². The number of likely N-dealkylation sites (N-methyl/N-ethyl adjacent to an activating group) is 1. The van der Waals surface area contributed by atoms with Gasteiger partial charge in [-0.2, -0.15) is 0 Å². The molecule has 2 N–H and O–H groups in total. The number of carbonyl (C=O) groups is 2. The number of anilines is 1. The van der Waals surface area contributed by atoms with Gasteiger partial charge in [-0.05, 0) is 57.5 Å². The van der Waals surface area contributed by atoms with Crippen LogP contribution in [-0.4, -0.2) is 42.0 Å². The zero-order chi connectivity index (χ0) is 15.8.